The quantitative estimate of drug-likeness (QED) is 0.148. The van der Waals surface area contributed by atoms with Crippen LogP contribution in [0.25, 0.3) is 10.8 Å². The molecule has 0 aromatic heterocycles. The van der Waals surface area contributed by atoms with E-state index in [1.807, 2.05) is 79.7 Å². The summed E-state index contributed by atoms with van der Waals surface area (Å²) in [4.78, 5) is 42.0. The summed E-state index contributed by atoms with van der Waals surface area (Å²) >= 11 is 1.24. The van der Waals surface area contributed by atoms with E-state index >= 15 is 0 Å². The Labute approximate surface area is 225 Å². The first-order valence-electron chi connectivity index (χ1n) is 12.4. The van der Waals surface area contributed by atoms with Crippen LogP contribution in [0.1, 0.15) is 30.1 Å². The van der Waals surface area contributed by atoms with Gasteiger partial charge in [-0.1, -0.05) is 79.7 Å². The van der Waals surface area contributed by atoms with E-state index in [-0.39, 0.29) is 5.70 Å². The van der Waals surface area contributed by atoms with E-state index in [0.717, 1.165) is 39.1 Å². The van der Waals surface area contributed by atoms with Crippen LogP contribution in [0.15, 0.2) is 113 Å². The molecule has 1 aliphatic heterocycles. The normalized spacial score (nSPS) is 13.3. The van der Waals surface area contributed by atoms with Crippen molar-refractivity contribution in [2.24, 2.45) is 0 Å². The Hall–Kier alpha value is -4.36. The van der Waals surface area contributed by atoms with E-state index in [1.54, 1.807) is 24.3 Å². The fourth-order valence-corrected chi connectivity index (χ4v) is 5.11. The zero-order valence-electron chi connectivity index (χ0n) is 20.8. The number of thioether (sulfide) groups is 1. The van der Waals surface area contributed by atoms with Gasteiger partial charge < -0.3 is 10.1 Å². The molecule has 0 bridgehead atoms. The fraction of sp³-hybridized carbons (Fsp3) is 0.129. The molecule has 6 nitrogen and oxygen atoms in total. The summed E-state index contributed by atoms with van der Waals surface area (Å²) in [5, 5.41) is 5.22. The van der Waals surface area contributed by atoms with Gasteiger partial charge in [0.25, 0.3) is 11.8 Å². The van der Waals surface area contributed by atoms with Gasteiger partial charge in [-0.3, -0.25) is 9.59 Å². The third kappa shape index (κ3) is 5.19. The maximum atomic E-state index is 13.7. The van der Waals surface area contributed by atoms with Crippen LogP contribution in [0.3, 0.4) is 0 Å². The zero-order chi connectivity index (χ0) is 26.5. The molecule has 1 N–H and O–H groups in total. The average Bonchev–Trinajstić information content (AvgIpc) is 3.18. The van der Waals surface area contributed by atoms with Gasteiger partial charge in [0, 0.05) is 16.0 Å². The predicted octanol–water partition coefficient (Wildman–Crippen LogP) is 6.79. The number of ether oxygens (including phenoxy) is 1. The van der Waals surface area contributed by atoms with Crippen molar-refractivity contribution in [3.05, 3.63) is 113 Å². The van der Waals surface area contributed by atoms with Gasteiger partial charge in [-0.05, 0) is 54.3 Å². The van der Waals surface area contributed by atoms with Crippen LogP contribution >= 0.6 is 11.8 Å². The van der Waals surface area contributed by atoms with Crippen LogP contribution in [-0.4, -0.2) is 24.4 Å². The second kappa shape index (κ2) is 11.4. The maximum absolute atomic E-state index is 13.7. The van der Waals surface area contributed by atoms with E-state index in [1.165, 1.54) is 11.8 Å². The van der Waals surface area contributed by atoms with Crippen molar-refractivity contribution in [2.75, 3.05) is 16.8 Å². The Morgan fingerprint density at radius 2 is 1.55 bits per heavy atom. The van der Waals surface area contributed by atoms with Crippen molar-refractivity contribution < 1.29 is 19.1 Å². The van der Waals surface area contributed by atoms with E-state index in [0.29, 0.717) is 22.8 Å². The zero-order valence-corrected chi connectivity index (χ0v) is 21.7. The lowest BCUT2D eigenvalue weighted by atomic mass is 10.1. The van der Waals surface area contributed by atoms with Gasteiger partial charge in [0.2, 0.25) is 0 Å². The van der Waals surface area contributed by atoms with Gasteiger partial charge in [0.1, 0.15) is 10.6 Å². The van der Waals surface area contributed by atoms with Crippen molar-refractivity contribution in [3.63, 3.8) is 0 Å². The number of nitrogens with zero attached hydrogens (tertiary/aromatic N) is 1. The van der Waals surface area contributed by atoms with Crippen molar-refractivity contribution in [1.29, 1.82) is 0 Å². The number of hydrogen-bond donors (Lipinski definition) is 1. The summed E-state index contributed by atoms with van der Waals surface area (Å²) in [6.45, 7) is 2.38. The number of imide groups is 1. The minimum atomic E-state index is -0.459. The first kappa shape index (κ1) is 25.3. The van der Waals surface area contributed by atoms with E-state index < -0.39 is 17.8 Å². The van der Waals surface area contributed by atoms with E-state index in [2.05, 4.69) is 5.32 Å². The lowest BCUT2D eigenvalue weighted by molar-refractivity contribution is -0.120. The molecule has 2 amide bonds. The molecule has 190 valence electrons. The molecule has 0 saturated heterocycles. The Balaban J connectivity index is 1.47. The Morgan fingerprint density at radius 1 is 0.842 bits per heavy atom. The highest BCUT2D eigenvalue weighted by Gasteiger charge is 2.40. The predicted molar refractivity (Wildman–Crippen MR) is 151 cm³/mol. The molecule has 0 spiro atoms. The third-order valence-corrected chi connectivity index (χ3v) is 7.24. The summed E-state index contributed by atoms with van der Waals surface area (Å²) < 4.78 is 5.27. The Bertz CT molecular complexity index is 1530. The summed E-state index contributed by atoms with van der Waals surface area (Å²) in [6, 6.07) is 29.5. The highest BCUT2D eigenvalue weighted by atomic mass is 32.2. The molecule has 4 aromatic rings. The molecule has 5 rings (SSSR count). The number of esters is 1. The number of hydrogen-bond acceptors (Lipinski definition) is 6. The molecule has 0 atom stereocenters. The lowest BCUT2D eigenvalue weighted by Crippen LogP contribution is -2.32. The number of carbonyl (C=O) groups is 3. The molecule has 38 heavy (non-hydrogen) atoms. The molecule has 7 heteroatoms. The Morgan fingerprint density at radius 3 is 2.32 bits per heavy atom. The number of amides is 2. The lowest BCUT2D eigenvalue weighted by Gasteiger charge is -2.16. The van der Waals surface area contributed by atoms with Gasteiger partial charge in [-0.2, -0.15) is 0 Å². The number of fused-ring (bicyclic) bond motifs is 1. The number of carbonyl (C=O) groups excluding carboxylic acids is 3. The largest absolute Gasteiger partial charge is 0.462 e. The van der Waals surface area contributed by atoms with Crippen LogP contribution in [0.5, 0.6) is 0 Å². The maximum Gasteiger partial charge on any atom is 0.338 e. The fourth-order valence-electron chi connectivity index (χ4n) is 4.16. The van der Waals surface area contributed by atoms with Crippen molar-refractivity contribution >= 4 is 51.7 Å². The van der Waals surface area contributed by atoms with Gasteiger partial charge in [0.05, 0.1) is 17.9 Å². The first-order chi connectivity index (χ1) is 18.6. The monoisotopic (exact) mass is 522 g/mol. The molecule has 0 saturated carbocycles. The van der Waals surface area contributed by atoms with Gasteiger partial charge in [-0.25, -0.2) is 9.69 Å². The number of unbranched alkanes of at least 4 members (excludes halogenated alkanes) is 1. The topological polar surface area (TPSA) is 75.7 Å². The minimum absolute atomic E-state index is 0.211. The van der Waals surface area contributed by atoms with Gasteiger partial charge in [0.15, 0.2) is 0 Å². The van der Waals surface area contributed by atoms with E-state index in [4.69, 9.17) is 4.74 Å². The van der Waals surface area contributed by atoms with Crippen molar-refractivity contribution in [2.45, 2.75) is 24.7 Å². The van der Waals surface area contributed by atoms with Crippen LogP contribution in [0.4, 0.5) is 11.4 Å². The van der Waals surface area contributed by atoms with Crippen LogP contribution in [0.2, 0.25) is 0 Å². The highest BCUT2D eigenvalue weighted by molar-refractivity contribution is 8.04. The number of anilines is 2. The molecule has 1 aliphatic rings. The van der Waals surface area contributed by atoms with Crippen LogP contribution < -0.4 is 10.2 Å². The van der Waals surface area contributed by atoms with Crippen molar-refractivity contribution in [1.82, 2.24) is 0 Å². The second-order valence-electron chi connectivity index (χ2n) is 8.75. The SMILES string of the molecule is CCCCOC(=O)c1ccc(N2C(=O)C(Nc3cccc4ccccc34)=C(Sc3ccccc3)C2=O)cc1. The van der Waals surface area contributed by atoms with Gasteiger partial charge in [-0.15, -0.1) is 0 Å². The molecule has 0 unspecified atom stereocenters. The Kier molecular flexibility index (Phi) is 7.56. The molecule has 0 fully saturated rings. The number of rotatable bonds is 9. The van der Waals surface area contributed by atoms with Crippen LogP contribution in [-0.2, 0) is 14.3 Å². The third-order valence-electron chi connectivity index (χ3n) is 6.15. The first-order valence-corrected chi connectivity index (χ1v) is 13.3. The summed E-state index contributed by atoms with van der Waals surface area (Å²) in [5.41, 5.74) is 1.69. The average molecular weight is 523 g/mol. The van der Waals surface area contributed by atoms with E-state index in [9.17, 15) is 14.4 Å². The molecular weight excluding hydrogens is 496 g/mol. The summed E-state index contributed by atoms with van der Waals surface area (Å²) in [7, 11) is 0. The van der Waals surface area contributed by atoms with Crippen LogP contribution in [0, 0.1) is 0 Å². The molecule has 4 aromatic carbocycles. The standard InChI is InChI=1S/C31H26N2O4S/c1-2-3-20-37-31(36)22-16-18-23(19-17-22)33-29(34)27(28(30(33)35)38-24-12-5-4-6-13-24)32-26-15-9-11-21-10-7-8-14-25(21)26/h4-19,32H,2-3,20H2,1H3. The van der Waals surface area contributed by atoms with Gasteiger partial charge >= 0.3 is 5.97 Å². The highest BCUT2D eigenvalue weighted by Crippen LogP contribution is 2.38. The number of nitrogens with one attached hydrogen (secondary N) is 1. The van der Waals surface area contributed by atoms with Crippen molar-refractivity contribution in [3.8, 4) is 0 Å². The molecule has 0 radical (unpaired) electrons. The number of benzene rings is 4. The second-order valence-corrected chi connectivity index (χ2v) is 9.84. The molecule has 0 aliphatic carbocycles. The summed E-state index contributed by atoms with van der Waals surface area (Å²) in [6.07, 6.45) is 1.72. The minimum Gasteiger partial charge on any atom is -0.462 e. The summed E-state index contributed by atoms with van der Waals surface area (Å²) in [5.74, 6) is -1.31. The smallest absolute Gasteiger partial charge is 0.338 e. The molecular formula is C31H26N2O4S. The molecule has 1 heterocycles.